The quantitative estimate of drug-likeness (QED) is 0.547. The van der Waals surface area contributed by atoms with Crippen molar-refractivity contribution in [3.05, 3.63) is 52.6 Å². The maximum absolute atomic E-state index is 9.81. The molecule has 0 radical (unpaired) electrons. The molecule has 2 aromatic carbocycles. The molecule has 0 bridgehead atoms. The van der Waals surface area contributed by atoms with Crippen molar-refractivity contribution in [2.45, 2.75) is 25.4 Å². The third-order valence-electron chi connectivity index (χ3n) is 4.85. The molecule has 2 aromatic rings. The first-order chi connectivity index (χ1) is 10.1. The van der Waals surface area contributed by atoms with E-state index in [1.165, 1.54) is 16.0 Å². The maximum Gasteiger partial charge on any atom is 0.157 e. The fourth-order valence-corrected chi connectivity index (χ4v) is 3.77. The first-order valence-electron chi connectivity index (χ1n) is 7.32. The summed E-state index contributed by atoms with van der Waals surface area (Å²) in [7, 11) is 0. The molecule has 4 nitrogen and oxygen atoms in total. The molecule has 0 amide bonds. The fraction of sp³-hybridized carbons (Fsp3) is 0.294. The van der Waals surface area contributed by atoms with E-state index in [4.69, 9.17) is 0 Å². The van der Waals surface area contributed by atoms with Crippen LogP contribution >= 0.6 is 0 Å². The number of quaternary nitrogens is 1. The van der Waals surface area contributed by atoms with Crippen LogP contribution in [0.15, 0.2) is 30.3 Å². The van der Waals surface area contributed by atoms with Crippen LogP contribution in [0, 0.1) is 0 Å². The van der Waals surface area contributed by atoms with Gasteiger partial charge in [-0.05, 0) is 41.5 Å². The van der Waals surface area contributed by atoms with Gasteiger partial charge in [-0.2, -0.15) is 0 Å². The van der Waals surface area contributed by atoms with Gasteiger partial charge in [0.05, 0.1) is 6.54 Å². The Kier molecular flexibility index (Phi) is 2.62. The van der Waals surface area contributed by atoms with Gasteiger partial charge < -0.3 is 20.2 Å². The van der Waals surface area contributed by atoms with Crippen LogP contribution in [0.25, 0.3) is 0 Å². The van der Waals surface area contributed by atoms with Crippen molar-refractivity contribution >= 4 is 0 Å². The van der Waals surface area contributed by atoms with Crippen molar-refractivity contribution in [1.29, 1.82) is 0 Å². The molecule has 0 saturated heterocycles. The van der Waals surface area contributed by atoms with Gasteiger partial charge in [-0.25, -0.2) is 0 Å². The second-order valence-electron chi connectivity index (χ2n) is 6.08. The van der Waals surface area contributed by atoms with Crippen LogP contribution in [0.3, 0.4) is 0 Å². The number of hydrogen-bond donors (Lipinski definition) is 4. The Morgan fingerprint density at radius 1 is 0.905 bits per heavy atom. The zero-order chi connectivity index (χ0) is 14.6. The van der Waals surface area contributed by atoms with Crippen LogP contribution in [0.5, 0.6) is 17.2 Å². The van der Waals surface area contributed by atoms with Gasteiger partial charge in [0, 0.05) is 24.0 Å². The van der Waals surface area contributed by atoms with Gasteiger partial charge in [0.25, 0.3) is 0 Å². The summed E-state index contributed by atoms with van der Waals surface area (Å²) in [5, 5.41) is 29.2. The molecule has 2 heterocycles. The molecule has 108 valence electrons. The second kappa shape index (κ2) is 4.40. The minimum Gasteiger partial charge on any atom is -0.508 e. The molecule has 0 saturated carbocycles. The molecule has 2 aliphatic rings. The lowest BCUT2D eigenvalue weighted by atomic mass is 9.84. The van der Waals surface area contributed by atoms with Crippen LogP contribution in [-0.2, 0) is 19.4 Å². The van der Waals surface area contributed by atoms with Gasteiger partial charge >= 0.3 is 0 Å². The zero-order valence-electron chi connectivity index (χ0n) is 11.6. The maximum atomic E-state index is 9.81. The predicted molar refractivity (Wildman–Crippen MR) is 77.6 cm³/mol. The van der Waals surface area contributed by atoms with Gasteiger partial charge in [0.15, 0.2) is 11.5 Å². The molecule has 2 aliphatic heterocycles. The lowest BCUT2D eigenvalue weighted by molar-refractivity contribution is -0.949. The monoisotopic (exact) mass is 284 g/mol. The minimum atomic E-state index is -0.0447. The van der Waals surface area contributed by atoms with Crippen molar-refractivity contribution in [2.75, 3.05) is 6.54 Å². The average molecular weight is 284 g/mol. The summed E-state index contributed by atoms with van der Waals surface area (Å²) < 4.78 is 0. The van der Waals surface area contributed by atoms with E-state index in [9.17, 15) is 15.3 Å². The van der Waals surface area contributed by atoms with E-state index in [1.54, 1.807) is 18.2 Å². The average Bonchev–Trinajstić information content (AvgIpc) is 2.47. The number of aromatic hydroxyl groups is 3. The van der Waals surface area contributed by atoms with E-state index in [-0.39, 0.29) is 17.5 Å². The first kappa shape index (κ1) is 12.5. The summed E-state index contributed by atoms with van der Waals surface area (Å²) in [5.74, 6) is 0.226. The van der Waals surface area contributed by atoms with Crippen molar-refractivity contribution in [3.8, 4) is 17.2 Å². The molecule has 2 unspecified atom stereocenters. The smallest absolute Gasteiger partial charge is 0.157 e. The molecular weight excluding hydrogens is 266 g/mol. The van der Waals surface area contributed by atoms with Crippen molar-refractivity contribution in [3.63, 3.8) is 0 Å². The summed E-state index contributed by atoms with van der Waals surface area (Å²) >= 11 is 0. The highest BCUT2D eigenvalue weighted by Crippen LogP contribution is 2.35. The number of phenolic OH excluding ortho intramolecular Hbond substituents is 3. The highest BCUT2D eigenvalue weighted by Gasteiger charge is 2.36. The SMILES string of the molecule is Oc1ccc2c(c1)CC1c3cc(O)c(O)cc3CC[NH+]1C2. The second-order valence-corrected chi connectivity index (χ2v) is 6.08. The minimum absolute atomic E-state index is 0.0361. The van der Waals surface area contributed by atoms with E-state index in [0.29, 0.717) is 5.75 Å². The molecule has 4 rings (SSSR count). The third-order valence-corrected chi connectivity index (χ3v) is 4.85. The predicted octanol–water partition coefficient (Wildman–Crippen LogP) is 1.04. The van der Waals surface area contributed by atoms with E-state index in [2.05, 4.69) is 0 Å². The Morgan fingerprint density at radius 3 is 2.57 bits per heavy atom. The Morgan fingerprint density at radius 2 is 1.71 bits per heavy atom. The summed E-state index contributed by atoms with van der Waals surface area (Å²) in [6, 6.07) is 9.30. The number of hydrogen-bond acceptors (Lipinski definition) is 3. The van der Waals surface area contributed by atoms with Gasteiger partial charge in [-0.15, -0.1) is 0 Å². The molecule has 21 heavy (non-hydrogen) atoms. The van der Waals surface area contributed by atoms with E-state index in [1.807, 2.05) is 12.1 Å². The van der Waals surface area contributed by atoms with Crippen molar-refractivity contribution in [2.24, 2.45) is 0 Å². The number of fused-ring (bicyclic) bond motifs is 4. The molecular formula is C17H18NO3+. The van der Waals surface area contributed by atoms with E-state index >= 15 is 0 Å². The molecule has 0 aromatic heterocycles. The topological polar surface area (TPSA) is 65.1 Å². The molecule has 0 spiro atoms. The highest BCUT2D eigenvalue weighted by molar-refractivity contribution is 5.48. The normalized spacial score (nSPS) is 23.0. The standard InChI is InChI=1S/C17H17NO3/c19-13-2-1-11-9-18-4-3-10-7-16(20)17(21)8-14(10)15(18)6-12(11)5-13/h1-2,5,7-8,15,19-21H,3-4,6,9H2/p+1. The first-order valence-corrected chi connectivity index (χ1v) is 7.32. The van der Waals surface area contributed by atoms with Gasteiger partial charge in [-0.3, -0.25) is 0 Å². The number of phenols is 3. The lowest BCUT2D eigenvalue weighted by Gasteiger charge is -2.38. The van der Waals surface area contributed by atoms with Crippen LogP contribution < -0.4 is 4.90 Å². The van der Waals surface area contributed by atoms with Crippen LogP contribution in [0.4, 0.5) is 0 Å². The van der Waals surface area contributed by atoms with Crippen LogP contribution in [0.1, 0.15) is 28.3 Å². The Balaban J connectivity index is 1.79. The van der Waals surface area contributed by atoms with Crippen molar-refractivity contribution in [1.82, 2.24) is 0 Å². The molecule has 4 heteroatoms. The Labute approximate surface area is 122 Å². The third kappa shape index (κ3) is 1.94. The number of nitrogens with one attached hydrogen (secondary N) is 1. The molecule has 4 N–H and O–H groups in total. The summed E-state index contributed by atoms with van der Waals surface area (Å²) in [6.45, 7) is 1.98. The molecule has 0 aliphatic carbocycles. The number of benzene rings is 2. The lowest BCUT2D eigenvalue weighted by Crippen LogP contribution is -3.13. The summed E-state index contributed by atoms with van der Waals surface area (Å²) in [6.07, 6.45) is 1.78. The Bertz CT molecular complexity index is 726. The van der Waals surface area contributed by atoms with Crippen LogP contribution in [-0.4, -0.2) is 21.9 Å². The summed E-state index contributed by atoms with van der Waals surface area (Å²) in [4.78, 5) is 1.49. The Hall–Kier alpha value is -2.20. The van der Waals surface area contributed by atoms with Gasteiger partial charge in [0.1, 0.15) is 18.3 Å². The van der Waals surface area contributed by atoms with Gasteiger partial charge in [-0.1, -0.05) is 0 Å². The van der Waals surface area contributed by atoms with Gasteiger partial charge in [0.2, 0.25) is 0 Å². The summed E-state index contributed by atoms with van der Waals surface area (Å²) in [5.41, 5.74) is 4.73. The molecule has 2 atom stereocenters. The number of rotatable bonds is 0. The van der Waals surface area contributed by atoms with Crippen LogP contribution in [0.2, 0.25) is 0 Å². The molecule has 0 fully saturated rings. The van der Waals surface area contributed by atoms with E-state index in [0.717, 1.165) is 37.1 Å². The zero-order valence-corrected chi connectivity index (χ0v) is 11.6. The highest BCUT2D eigenvalue weighted by atomic mass is 16.3. The fourth-order valence-electron chi connectivity index (χ4n) is 3.77. The van der Waals surface area contributed by atoms with E-state index < -0.39 is 0 Å². The largest absolute Gasteiger partial charge is 0.508 e. The van der Waals surface area contributed by atoms with Crippen molar-refractivity contribution < 1.29 is 20.2 Å².